The molecule has 0 spiro atoms. The second-order valence-corrected chi connectivity index (χ2v) is 5.96. The van der Waals surface area contributed by atoms with Gasteiger partial charge in [0.2, 0.25) is 0 Å². The van der Waals surface area contributed by atoms with Crippen LogP contribution in [0.1, 0.15) is 41.0 Å². The van der Waals surface area contributed by atoms with Crippen LogP contribution in [0.5, 0.6) is 0 Å². The van der Waals surface area contributed by atoms with Crippen LogP contribution in [0.15, 0.2) is 36.5 Å². The Kier molecular flexibility index (Phi) is 4.82. The molecule has 0 bridgehead atoms. The highest BCUT2D eigenvalue weighted by Crippen LogP contribution is 2.29. The number of benzene rings is 1. The number of nitrogens with zero attached hydrogens (tertiary/aromatic N) is 1. The topological polar surface area (TPSA) is 42.2 Å². The maximum absolute atomic E-state index is 12.8. The van der Waals surface area contributed by atoms with Gasteiger partial charge in [0.1, 0.15) is 5.69 Å². The van der Waals surface area contributed by atoms with Gasteiger partial charge in [-0.3, -0.25) is 0 Å². The highest BCUT2D eigenvalue weighted by molar-refractivity contribution is 5.86. The van der Waals surface area contributed by atoms with E-state index in [1.807, 2.05) is 13.8 Å². The SMILES string of the molecule is CC(C)Cc1cc(C(=O)O)n(Cc2cccc(C(F)(F)F)c2)c1. The molecule has 23 heavy (non-hydrogen) atoms. The van der Waals surface area contributed by atoms with Crippen molar-refractivity contribution >= 4 is 5.97 Å². The Morgan fingerprint density at radius 2 is 1.91 bits per heavy atom. The van der Waals surface area contributed by atoms with Crippen LogP contribution < -0.4 is 0 Å². The molecule has 0 unspecified atom stereocenters. The van der Waals surface area contributed by atoms with Gasteiger partial charge in [-0.2, -0.15) is 13.2 Å². The van der Waals surface area contributed by atoms with E-state index in [4.69, 9.17) is 0 Å². The average molecular weight is 325 g/mol. The van der Waals surface area contributed by atoms with Crippen LogP contribution in [-0.4, -0.2) is 15.6 Å². The third kappa shape index (κ3) is 4.37. The first-order chi connectivity index (χ1) is 10.7. The van der Waals surface area contributed by atoms with Crippen molar-refractivity contribution in [2.45, 2.75) is 33.0 Å². The van der Waals surface area contributed by atoms with E-state index in [1.165, 1.54) is 10.6 Å². The molecule has 0 aliphatic carbocycles. The Morgan fingerprint density at radius 1 is 1.22 bits per heavy atom. The summed E-state index contributed by atoms with van der Waals surface area (Å²) in [5.74, 6) is -0.729. The fourth-order valence-corrected chi connectivity index (χ4v) is 2.51. The highest BCUT2D eigenvalue weighted by Gasteiger charge is 2.30. The van der Waals surface area contributed by atoms with Gasteiger partial charge in [-0.1, -0.05) is 26.0 Å². The van der Waals surface area contributed by atoms with Gasteiger partial charge >= 0.3 is 12.1 Å². The lowest BCUT2D eigenvalue weighted by molar-refractivity contribution is -0.137. The van der Waals surface area contributed by atoms with Crippen molar-refractivity contribution in [3.63, 3.8) is 0 Å². The molecule has 124 valence electrons. The van der Waals surface area contributed by atoms with Gasteiger partial charge in [0.25, 0.3) is 0 Å². The molecule has 0 fully saturated rings. The Bertz CT molecular complexity index is 702. The summed E-state index contributed by atoms with van der Waals surface area (Å²) in [5.41, 5.74) is 0.623. The Labute approximate surface area is 132 Å². The summed E-state index contributed by atoms with van der Waals surface area (Å²) in [7, 11) is 0. The number of hydrogen-bond acceptors (Lipinski definition) is 1. The average Bonchev–Trinajstić information content (AvgIpc) is 2.80. The molecule has 0 aliphatic rings. The van der Waals surface area contributed by atoms with Crippen LogP contribution in [0.25, 0.3) is 0 Å². The van der Waals surface area contributed by atoms with Gasteiger partial charge in [0, 0.05) is 12.7 Å². The van der Waals surface area contributed by atoms with E-state index in [9.17, 15) is 23.1 Å². The second-order valence-electron chi connectivity index (χ2n) is 5.96. The molecule has 1 heterocycles. The maximum atomic E-state index is 12.8. The molecular weight excluding hydrogens is 307 g/mol. The number of aromatic carboxylic acids is 1. The molecule has 0 saturated carbocycles. The molecule has 1 aromatic heterocycles. The molecule has 0 amide bonds. The van der Waals surface area contributed by atoms with E-state index >= 15 is 0 Å². The highest BCUT2D eigenvalue weighted by atomic mass is 19.4. The number of alkyl halides is 3. The zero-order chi connectivity index (χ0) is 17.2. The maximum Gasteiger partial charge on any atom is 0.416 e. The minimum absolute atomic E-state index is 0.0815. The fourth-order valence-electron chi connectivity index (χ4n) is 2.51. The lowest BCUT2D eigenvalue weighted by atomic mass is 10.1. The molecule has 2 aromatic rings. The quantitative estimate of drug-likeness (QED) is 0.882. The lowest BCUT2D eigenvalue weighted by Crippen LogP contribution is -2.10. The van der Waals surface area contributed by atoms with Crippen LogP contribution >= 0.6 is 0 Å². The van der Waals surface area contributed by atoms with Crippen molar-refractivity contribution in [3.8, 4) is 0 Å². The summed E-state index contributed by atoms with van der Waals surface area (Å²) in [4.78, 5) is 11.3. The molecule has 1 aromatic carbocycles. The predicted octanol–water partition coefficient (Wildman–Crippen LogP) is 4.45. The largest absolute Gasteiger partial charge is 0.477 e. The first kappa shape index (κ1) is 17.1. The third-order valence-electron chi connectivity index (χ3n) is 3.42. The lowest BCUT2D eigenvalue weighted by Gasteiger charge is -2.10. The summed E-state index contributed by atoms with van der Waals surface area (Å²) in [6, 6.07) is 6.52. The standard InChI is InChI=1S/C17H18F3NO2/c1-11(2)6-13-8-15(16(22)23)21(10-13)9-12-4-3-5-14(7-12)17(18,19)20/h3-5,7-8,10-11H,6,9H2,1-2H3,(H,22,23). The van der Waals surface area contributed by atoms with Crippen LogP contribution in [-0.2, 0) is 19.1 Å². The van der Waals surface area contributed by atoms with Crippen molar-refractivity contribution < 1.29 is 23.1 Å². The number of carboxylic acids is 1. The summed E-state index contributed by atoms with van der Waals surface area (Å²) in [5, 5.41) is 9.27. The van der Waals surface area contributed by atoms with E-state index in [1.54, 1.807) is 18.3 Å². The zero-order valence-corrected chi connectivity index (χ0v) is 12.9. The van der Waals surface area contributed by atoms with Crippen molar-refractivity contribution in [2.24, 2.45) is 5.92 Å². The molecule has 1 N–H and O–H groups in total. The Morgan fingerprint density at radius 3 is 2.48 bits per heavy atom. The van der Waals surface area contributed by atoms with Gasteiger partial charge in [0.15, 0.2) is 0 Å². The van der Waals surface area contributed by atoms with E-state index < -0.39 is 17.7 Å². The number of halogens is 3. The fraction of sp³-hybridized carbons (Fsp3) is 0.353. The first-order valence-electron chi connectivity index (χ1n) is 7.25. The smallest absolute Gasteiger partial charge is 0.416 e. The number of carbonyl (C=O) groups is 1. The first-order valence-corrected chi connectivity index (χ1v) is 7.25. The van der Waals surface area contributed by atoms with Crippen molar-refractivity contribution in [1.82, 2.24) is 4.57 Å². The molecule has 3 nitrogen and oxygen atoms in total. The van der Waals surface area contributed by atoms with Gasteiger partial charge in [-0.15, -0.1) is 0 Å². The number of aromatic nitrogens is 1. The predicted molar refractivity (Wildman–Crippen MR) is 80.5 cm³/mol. The van der Waals surface area contributed by atoms with Gasteiger partial charge < -0.3 is 9.67 Å². The van der Waals surface area contributed by atoms with Crippen LogP contribution in [0.3, 0.4) is 0 Å². The molecule has 6 heteroatoms. The molecule has 0 radical (unpaired) electrons. The number of hydrogen-bond donors (Lipinski definition) is 1. The van der Waals surface area contributed by atoms with E-state index in [-0.39, 0.29) is 12.2 Å². The summed E-state index contributed by atoms with van der Waals surface area (Å²) < 4.78 is 39.8. The van der Waals surface area contributed by atoms with E-state index in [2.05, 4.69) is 0 Å². The van der Waals surface area contributed by atoms with E-state index in [0.717, 1.165) is 24.1 Å². The van der Waals surface area contributed by atoms with Gasteiger partial charge in [0.05, 0.1) is 5.56 Å². The molecule has 0 saturated heterocycles. The Balaban J connectivity index is 2.32. The summed E-state index contributed by atoms with van der Waals surface area (Å²) in [6.07, 6.45) is -2.00. The molecule has 0 aliphatic heterocycles. The molecular formula is C17H18F3NO2. The monoisotopic (exact) mass is 325 g/mol. The Hall–Kier alpha value is -2.24. The van der Waals surface area contributed by atoms with Crippen molar-refractivity contribution in [1.29, 1.82) is 0 Å². The second kappa shape index (κ2) is 6.48. The van der Waals surface area contributed by atoms with Crippen molar-refractivity contribution in [3.05, 3.63) is 58.9 Å². The molecule has 0 atom stereocenters. The van der Waals surface area contributed by atoms with Crippen molar-refractivity contribution in [2.75, 3.05) is 0 Å². The zero-order valence-electron chi connectivity index (χ0n) is 12.9. The van der Waals surface area contributed by atoms with Crippen LogP contribution in [0, 0.1) is 5.92 Å². The van der Waals surface area contributed by atoms with E-state index in [0.29, 0.717) is 11.5 Å². The van der Waals surface area contributed by atoms with Gasteiger partial charge in [-0.05, 0) is 41.7 Å². The minimum Gasteiger partial charge on any atom is -0.477 e. The number of rotatable bonds is 5. The van der Waals surface area contributed by atoms with Crippen LogP contribution in [0.4, 0.5) is 13.2 Å². The van der Waals surface area contributed by atoms with Gasteiger partial charge in [-0.25, -0.2) is 4.79 Å². The summed E-state index contributed by atoms with van der Waals surface area (Å²) >= 11 is 0. The van der Waals surface area contributed by atoms with Crippen LogP contribution in [0.2, 0.25) is 0 Å². The number of carboxylic acid groups (broad SMARTS) is 1. The normalized spacial score (nSPS) is 11.9. The summed E-state index contributed by atoms with van der Waals surface area (Å²) in [6.45, 7) is 4.12. The minimum atomic E-state index is -4.41. The third-order valence-corrected chi connectivity index (χ3v) is 3.42. The molecule has 2 rings (SSSR count).